The predicted molar refractivity (Wildman–Crippen MR) is 111 cm³/mol. The van der Waals surface area contributed by atoms with Crippen molar-refractivity contribution in [1.29, 1.82) is 0 Å². The first-order valence-electron chi connectivity index (χ1n) is 9.75. The SMILES string of the molecule is CC(Oc1cc(-c2cnn(C3CCNCC3)c2)cnc1N)c1c(F)ccc(F)c1Cl. The van der Waals surface area contributed by atoms with E-state index in [9.17, 15) is 8.78 Å². The lowest BCUT2D eigenvalue weighted by Gasteiger charge is -2.22. The Morgan fingerprint density at radius 3 is 2.70 bits per heavy atom. The average molecular weight is 434 g/mol. The van der Waals surface area contributed by atoms with Crippen LogP contribution >= 0.6 is 11.6 Å². The Bertz CT molecular complexity index is 1050. The van der Waals surface area contributed by atoms with Crippen LogP contribution in [-0.2, 0) is 0 Å². The second kappa shape index (κ2) is 8.57. The quantitative estimate of drug-likeness (QED) is 0.578. The number of rotatable bonds is 5. The molecule has 0 aliphatic carbocycles. The van der Waals surface area contributed by atoms with Gasteiger partial charge in [0.15, 0.2) is 11.6 Å². The molecule has 158 valence electrons. The smallest absolute Gasteiger partial charge is 0.166 e. The maximum atomic E-state index is 14.2. The van der Waals surface area contributed by atoms with Crippen molar-refractivity contribution < 1.29 is 13.5 Å². The van der Waals surface area contributed by atoms with Crippen molar-refractivity contribution >= 4 is 17.4 Å². The zero-order valence-corrected chi connectivity index (χ0v) is 17.2. The molecular formula is C21H22ClF2N5O. The van der Waals surface area contributed by atoms with E-state index >= 15 is 0 Å². The molecule has 30 heavy (non-hydrogen) atoms. The number of nitrogens with two attached hydrogens (primary N) is 1. The van der Waals surface area contributed by atoms with Gasteiger partial charge in [-0.2, -0.15) is 5.10 Å². The van der Waals surface area contributed by atoms with E-state index in [0.29, 0.717) is 6.04 Å². The molecule has 1 aliphatic heterocycles. The Morgan fingerprint density at radius 2 is 1.93 bits per heavy atom. The number of halogens is 3. The van der Waals surface area contributed by atoms with E-state index in [2.05, 4.69) is 15.4 Å². The lowest BCUT2D eigenvalue weighted by Crippen LogP contribution is -2.29. The summed E-state index contributed by atoms with van der Waals surface area (Å²) in [6.45, 7) is 3.52. The first-order chi connectivity index (χ1) is 14.4. The summed E-state index contributed by atoms with van der Waals surface area (Å²) < 4.78 is 35.8. The molecule has 1 unspecified atom stereocenters. The van der Waals surface area contributed by atoms with Crippen molar-refractivity contribution in [3.63, 3.8) is 0 Å². The minimum atomic E-state index is -0.870. The molecule has 1 aromatic carbocycles. The maximum absolute atomic E-state index is 14.2. The highest BCUT2D eigenvalue weighted by atomic mass is 35.5. The Kier molecular flexibility index (Phi) is 5.87. The van der Waals surface area contributed by atoms with Gasteiger partial charge in [-0.3, -0.25) is 4.68 Å². The molecule has 0 radical (unpaired) electrons. The molecule has 0 amide bonds. The van der Waals surface area contributed by atoms with Crippen LogP contribution in [0, 0.1) is 11.6 Å². The molecule has 1 saturated heterocycles. The maximum Gasteiger partial charge on any atom is 0.166 e. The first kappa shape index (κ1) is 20.6. The molecule has 2 aromatic heterocycles. The van der Waals surface area contributed by atoms with E-state index in [0.717, 1.165) is 49.2 Å². The van der Waals surface area contributed by atoms with Gasteiger partial charge in [0.25, 0.3) is 0 Å². The Morgan fingerprint density at radius 1 is 1.20 bits per heavy atom. The largest absolute Gasteiger partial charge is 0.482 e. The summed E-state index contributed by atoms with van der Waals surface area (Å²) in [5, 5.41) is 7.52. The molecule has 6 nitrogen and oxygen atoms in total. The molecule has 1 aliphatic rings. The van der Waals surface area contributed by atoms with Crippen LogP contribution < -0.4 is 15.8 Å². The summed E-state index contributed by atoms with van der Waals surface area (Å²) in [4.78, 5) is 4.19. The summed E-state index contributed by atoms with van der Waals surface area (Å²) in [6.07, 6.45) is 6.54. The molecule has 3 N–H and O–H groups in total. The number of piperidine rings is 1. The topological polar surface area (TPSA) is 78.0 Å². The highest BCUT2D eigenvalue weighted by molar-refractivity contribution is 6.31. The molecule has 3 heterocycles. The average Bonchev–Trinajstić information content (AvgIpc) is 3.24. The normalized spacial score (nSPS) is 15.9. The summed E-state index contributed by atoms with van der Waals surface area (Å²) in [5.74, 6) is -0.966. The number of nitrogens with zero attached hydrogens (tertiary/aromatic N) is 3. The minimum Gasteiger partial charge on any atom is -0.482 e. The van der Waals surface area contributed by atoms with E-state index < -0.39 is 17.7 Å². The zero-order valence-electron chi connectivity index (χ0n) is 16.4. The van der Waals surface area contributed by atoms with Gasteiger partial charge in [-0.25, -0.2) is 13.8 Å². The number of aromatic nitrogens is 3. The van der Waals surface area contributed by atoms with Gasteiger partial charge in [-0.1, -0.05) is 11.6 Å². The van der Waals surface area contributed by atoms with Gasteiger partial charge in [0.1, 0.15) is 17.7 Å². The molecule has 0 bridgehead atoms. The third-order valence-electron chi connectivity index (χ3n) is 5.29. The molecule has 4 rings (SSSR count). The number of hydrogen-bond donors (Lipinski definition) is 2. The first-order valence-corrected chi connectivity index (χ1v) is 10.1. The van der Waals surface area contributed by atoms with E-state index in [4.69, 9.17) is 22.1 Å². The summed E-state index contributed by atoms with van der Waals surface area (Å²) in [7, 11) is 0. The fraction of sp³-hybridized carbons (Fsp3) is 0.333. The standard InChI is InChI=1S/C21H22ClF2N5O/c1-12(19-16(23)2-3-17(24)20(19)22)30-18-8-13(9-27-21(18)25)14-10-28-29(11-14)15-4-6-26-7-5-15/h2-3,8-12,15,26H,4-7H2,1H3,(H2,25,27). The third kappa shape index (κ3) is 4.11. The third-order valence-corrected chi connectivity index (χ3v) is 5.67. The summed E-state index contributed by atoms with van der Waals surface area (Å²) in [6, 6.07) is 4.07. The number of nitrogen functional groups attached to an aromatic ring is 1. The molecular weight excluding hydrogens is 412 g/mol. The van der Waals surface area contributed by atoms with Crippen LogP contribution in [0.3, 0.4) is 0 Å². The summed E-state index contributed by atoms with van der Waals surface area (Å²) >= 11 is 5.95. The van der Waals surface area contributed by atoms with Crippen molar-refractivity contribution in [2.45, 2.75) is 31.9 Å². The van der Waals surface area contributed by atoms with Crippen LogP contribution in [0.4, 0.5) is 14.6 Å². The van der Waals surface area contributed by atoms with Gasteiger partial charge in [-0.05, 0) is 51.1 Å². The van der Waals surface area contributed by atoms with Gasteiger partial charge in [-0.15, -0.1) is 0 Å². The van der Waals surface area contributed by atoms with Crippen LogP contribution in [0.15, 0.2) is 36.8 Å². The molecule has 0 spiro atoms. The van der Waals surface area contributed by atoms with Gasteiger partial charge < -0.3 is 15.8 Å². The van der Waals surface area contributed by atoms with Gasteiger partial charge in [0.2, 0.25) is 0 Å². The second-order valence-electron chi connectivity index (χ2n) is 7.31. The summed E-state index contributed by atoms with van der Waals surface area (Å²) in [5.41, 5.74) is 7.52. The van der Waals surface area contributed by atoms with Crippen LogP contribution in [-0.4, -0.2) is 27.9 Å². The Hall–Kier alpha value is -2.71. The Labute approximate surface area is 178 Å². The zero-order chi connectivity index (χ0) is 21.3. The van der Waals surface area contributed by atoms with E-state index in [1.54, 1.807) is 25.4 Å². The van der Waals surface area contributed by atoms with E-state index in [1.165, 1.54) is 0 Å². The van der Waals surface area contributed by atoms with Gasteiger partial charge in [0.05, 0.1) is 17.3 Å². The molecule has 3 aromatic rings. The fourth-order valence-electron chi connectivity index (χ4n) is 3.63. The lowest BCUT2D eigenvalue weighted by atomic mass is 10.1. The number of benzene rings is 1. The van der Waals surface area contributed by atoms with Crippen molar-refractivity contribution in [3.05, 3.63) is 59.0 Å². The van der Waals surface area contributed by atoms with Crippen molar-refractivity contribution in [1.82, 2.24) is 20.1 Å². The van der Waals surface area contributed by atoms with Crippen molar-refractivity contribution in [2.75, 3.05) is 18.8 Å². The monoisotopic (exact) mass is 433 g/mol. The number of nitrogens with one attached hydrogen (secondary N) is 1. The van der Waals surface area contributed by atoms with Crippen molar-refractivity contribution in [2.24, 2.45) is 0 Å². The lowest BCUT2D eigenvalue weighted by molar-refractivity contribution is 0.221. The molecule has 1 fully saturated rings. The Balaban J connectivity index is 1.58. The fourth-order valence-corrected chi connectivity index (χ4v) is 3.94. The van der Waals surface area contributed by atoms with Crippen LogP contribution in [0.5, 0.6) is 5.75 Å². The molecule has 1 atom stereocenters. The van der Waals surface area contributed by atoms with Crippen LogP contribution in [0.2, 0.25) is 5.02 Å². The predicted octanol–water partition coefficient (Wildman–Crippen LogP) is 4.52. The molecule has 0 saturated carbocycles. The highest BCUT2D eigenvalue weighted by Gasteiger charge is 2.21. The number of ether oxygens (including phenoxy) is 1. The van der Waals surface area contributed by atoms with Crippen LogP contribution in [0.1, 0.15) is 37.5 Å². The molecule has 9 heteroatoms. The van der Waals surface area contributed by atoms with Crippen LogP contribution in [0.25, 0.3) is 11.1 Å². The minimum absolute atomic E-state index is 0.0693. The highest BCUT2D eigenvalue weighted by Crippen LogP contribution is 2.35. The second-order valence-corrected chi connectivity index (χ2v) is 7.69. The number of hydrogen-bond acceptors (Lipinski definition) is 5. The van der Waals surface area contributed by atoms with Gasteiger partial charge >= 0.3 is 0 Å². The number of pyridine rings is 1. The van der Waals surface area contributed by atoms with E-state index in [1.807, 2.05) is 10.9 Å². The van der Waals surface area contributed by atoms with Gasteiger partial charge in [0, 0.05) is 29.1 Å². The number of anilines is 1. The van der Waals surface area contributed by atoms with E-state index in [-0.39, 0.29) is 22.2 Å². The van der Waals surface area contributed by atoms with Crippen molar-refractivity contribution in [3.8, 4) is 16.9 Å².